The van der Waals surface area contributed by atoms with E-state index in [2.05, 4.69) is 42.2 Å². The topological polar surface area (TPSA) is 42.0 Å². The number of halogens is 2. The summed E-state index contributed by atoms with van der Waals surface area (Å²) in [6, 6.07) is 7.43. The van der Waals surface area contributed by atoms with E-state index in [1.165, 1.54) is 0 Å². The molecule has 0 aliphatic rings. The fourth-order valence-corrected chi connectivity index (χ4v) is 2.88. The van der Waals surface area contributed by atoms with Gasteiger partial charge in [0.2, 0.25) is 0 Å². The first-order valence-corrected chi connectivity index (χ1v) is 7.19. The average Bonchev–Trinajstić information content (AvgIpc) is 2.73. The van der Waals surface area contributed by atoms with Gasteiger partial charge in [0.15, 0.2) is 0 Å². The normalized spacial score (nSPS) is 10.2. The minimum absolute atomic E-state index is 0.116. The van der Waals surface area contributed by atoms with Crippen LogP contribution in [0.15, 0.2) is 38.9 Å². The third-order valence-electron chi connectivity index (χ3n) is 2.04. The Morgan fingerprint density at radius 1 is 1.29 bits per heavy atom. The lowest BCUT2D eigenvalue weighted by atomic mass is 10.3. The zero-order valence-corrected chi connectivity index (χ0v) is 12.6. The van der Waals surface area contributed by atoms with Gasteiger partial charge >= 0.3 is 0 Å². The smallest absolute Gasteiger partial charge is 0.253 e. The van der Waals surface area contributed by atoms with E-state index in [0.717, 1.165) is 13.3 Å². The largest absolute Gasteiger partial charge is 0.347 e. The molecule has 0 radical (unpaired) electrons. The molecule has 88 valence electrons. The summed E-state index contributed by atoms with van der Waals surface area (Å²) in [7, 11) is 0. The van der Waals surface area contributed by atoms with Crippen molar-refractivity contribution in [3.8, 4) is 0 Å². The Labute approximate surface area is 120 Å². The molecule has 0 atom stereocenters. The molecule has 0 saturated carbocycles. The molecule has 0 spiro atoms. The molecule has 2 rings (SSSR count). The molecule has 2 heterocycles. The zero-order valence-electron chi connectivity index (χ0n) is 8.61. The maximum atomic E-state index is 11.8. The van der Waals surface area contributed by atoms with Gasteiger partial charge in [0.25, 0.3) is 5.91 Å². The van der Waals surface area contributed by atoms with Crippen molar-refractivity contribution in [2.45, 2.75) is 6.54 Å². The lowest BCUT2D eigenvalue weighted by Gasteiger charge is -2.03. The minimum atomic E-state index is -0.116. The number of pyridine rings is 1. The molecule has 0 bridgehead atoms. The quantitative estimate of drug-likeness (QED) is 0.832. The van der Waals surface area contributed by atoms with Crippen LogP contribution in [0.25, 0.3) is 0 Å². The van der Waals surface area contributed by atoms with Crippen LogP contribution in [0.5, 0.6) is 0 Å². The molecule has 6 heteroatoms. The Morgan fingerprint density at radius 3 is 2.71 bits per heavy atom. The number of hydrogen-bond donors (Lipinski definition) is 1. The predicted molar refractivity (Wildman–Crippen MR) is 75.1 cm³/mol. The van der Waals surface area contributed by atoms with Gasteiger partial charge in [0.1, 0.15) is 4.60 Å². The summed E-state index contributed by atoms with van der Waals surface area (Å²) in [6.07, 6.45) is 1.55. The van der Waals surface area contributed by atoms with Crippen LogP contribution in [-0.2, 0) is 6.54 Å². The first-order valence-electron chi connectivity index (χ1n) is 4.79. The molecule has 1 amide bonds. The van der Waals surface area contributed by atoms with Crippen molar-refractivity contribution in [2.75, 3.05) is 0 Å². The van der Waals surface area contributed by atoms with E-state index in [-0.39, 0.29) is 5.91 Å². The molecule has 0 aromatic carbocycles. The van der Waals surface area contributed by atoms with Gasteiger partial charge in [-0.05, 0) is 56.1 Å². The highest BCUT2D eigenvalue weighted by Gasteiger charge is 2.06. The number of hydrogen-bond acceptors (Lipinski definition) is 3. The summed E-state index contributed by atoms with van der Waals surface area (Å²) in [5, 5.41) is 2.84. The summed E-state index contributed by atoms with van der Waals surface area (Å²) in [5.74, 6) is -0.116. The summed E-state index contributed by atoms with van der Waals surface area (Å²) in [5.41, 5.74) is 0.559. The van der Waals surface area contributed by atoms with Gasteiger partial charge in [-0.2, -0.15) is 0 Å². The number of aromatic nitrogens is 1. The summed E-state index contributed by atoms with van der Waals surface area (Å²) < 4.78 is 1.78. The highest BCUT2D eigenvalue weighted by molar-refractivity contribution is 9.11. The first kappa shape index (κ1) is 12.7. The van der Waals surface area contributed by atoms with Crippen molar-refractivity contribution in [1.29, 1.82) is 0 Å². The van der Waals surface area contributed by atoms with Crippen molar-refractivity contribution in [1.82, 2.24) is 10.3 Å². The molecule has 2 aromatic rings. The molecule has 0 saturated heterocycles. The Kier molecular flexibility index (Phi) is 4.31. The monoisotopic (exact) mass is 374 g/mol. The standard InChI is InChI=1S/C11H8Br2N2OS/c12-9-3-1-7(5-14-9)11(16)15-6-8-2-4-10(13)17-8/h1-5H,6H2,(H,15,16). The van der Waals surface area contributed by atoms with Crippen LogP contribution < -0.4 is 5.32 Å². The fraction of sp³-hybridized carbons (Fsp3) is 0.0909. The van der Waals surface area contributed by atoms with Gasteiger partial charge in [-0.15, -0.1) is 11.3 Å². The number of amides is 1. The number of rotatable bonds is 3. The highest BCUT2D eigenvalue weighted by Crippen LogP contribution is 2.21. The number of carbonyl (C=O) groups excluding carboxylic acids is 1. The number of nitrogens with zero attached hydrogens (tertiary/aromatic N) is 1. The van der Waals surface area contributed by atoms with Gasteiger partial charge in [0, 0.05) is 11.1 Å². The summed E-state index contributed by atoms with van der Waals surface area (Å²) in [4.78, 5) is 16.9. The van der Waals surface area contributed by atoms with Crippen LogP contribution in [0.3, 0.4) is 0 Å². The van der Waals surface area contributed by atoms with Crippen molar-refractivity contribution in [3.63, 3.8) is 0 Å². The van der Waals surface area contributed by atoms with E-state index in [1.807, 2.05) is 12.1 Å². The van der Waals surface area contributed by atoms with E-state index >= 15 is 0 Å². The van der Waals surface area contributed by atoms with E-state index in [4.69, 9.17) is 0 Å². The molecule has 0 aliphatic carbocycles. The Morgan fingerprint density at radius 2 is 2.12 bits per heavy atom. The van der Waals surface area contributed by atoms with Gasteiger partial charge in [0.05, 0.1) is 15.9 Å². The highest BCUT2D eigenvalue weighted by atomic mass is 79.9. The van der Waals surface area contributed by atoms with Crippen LogP contribution >= 0.6 is 43.2 Å². The van der Waals surface area contributed by atoms with E-state index < -0.39 is 0 Å². The van der Waals surface area contributed by atoms with Crippen molar-refractivity contribution in [3.05, 3.63) is 49.3 Å². The second-order valence-electron chi connectivity index (χ2n) is 3.26. The first-order chi connectivity index (χ1) is 8.15. The van der Waals surface area contributed by atoms with Gasteiger partial charge in [-0.3, -0.25) is 4.79 Å². The molecular formula is C11H8Br2N2OS. The molecule has 0 aliphatic heterocycles. The molecule has 2 aromatic heterocycles. The predicted octanol–water partition coefficient (Wildman–Crippen LogP) is 3.60. The van der Waals surface area contributed by atoms with Gasteiger partial charge in [-0.1, -0.05) is 0 Å². The van der Waals surface area contributed by atoms with Crippen LogP contribution in [0.1, 0.15) is 15.2 Å². The SMILES string of the molecule is O=C(NCc1ccc(Br)s1)c1ccc(Br)nc1. The zero-order chi connectivity index (χ0) is 12.3. The van der Waals surface area contributed by atoms with E-state index in [1.54, 1.807) is 29.7 Å². The molecule has 0 fully saturated rings. The average molecular weight is 376 g/mol. The number of carbonyl (C=O) groups is 1. The summed E-state index contributed by atoms with van der Waals surface area (Å²) in [6.45, 7) is 0.533. The second-order valence-corrected chi connectivity index (χ2v) is 6.62. The van der Waals surface area contributed by atoms with Crippen molar-refractivity contribution >= 4 is 49.1 Å². The van der Waals surface area contributed by atoms with Crippen molar-refractivity contribution < 1.29 is 4.79 Å². The van der Waals surface area contributed by atoms with Crippen molar-refractivity contribution in [2.24, 2.45) is 0 Å². The van der Waals surface area contributed by atoms with Gasteiger partial charge in [-0.25, -0.2) is 4.98 Å². The van der Waals surface area contributed by atoms with E-state index in [0.29, 0.717) is 12.1 Å². The molecule has 3 nitrogen and oxygen atoms in total. The second kappa shape index (κ2) is 5.75. The number of nitrogens with one attached hydrogen (secondary N) is 1. The third-order valence-corrected chi connectivity index (χ3v) is 4.13. The minimum Gasteiger partial charge on any atom is -0.347 e. The van der Waals surface area contributed by atoms with Crippen LogP contribution in [0.4, 0.5) is 0 Å². The van der Waals surface area contributed by atoms with Crippen LogP contribution in [0, 0.1) is 0 Å². The third kappa shape index (κ3) is 3.62. The molecule has 0 unspecified atom stereocenters. The Bertz CT molecular complexity index is 525. The van der Waals surface area contributed by atoms with E-state index in [9.17, 15) is 4.79 Å². The lowest BCUT2D eigenvalue weighted by Crippen LogP contribution is -2.22. The van der Waals surface area contributed by atoms with Crippen LogP contribution in [-0.4, -0.2) is 10.9 Å². The number of thiophene rings is 1. The maximum absolute atomic E-state index is 11.8. The molecule has 17 heavy (non-hydrogen) atoms. The van der Waals surface area contributed by atoms with Crippen LogP contribution in [0.2, 0.25) is 0 Å². The lowest BCUT2D eigenvalue weighted by molar-refractivity contribution is 0.0951. The maximum Gasteiger partial charge on any atom is 0.253 e. The Balaban J connectivity index is 1.95. The summed E-state index contributed by atoms with van der Waals surface area (Å²) >= 11 is 8.22. The molecule has 1 N–H and O–H groups in total. The Hall–Kier alpha value is -0.720. The fourth-order valence-electron chi connectivity index (χ4n) is 1.23. The van der Waals surface area contributed by atoms with Gasteiger partial charge < -0.3 is 5.32 Å². The molecular weight excluding hydrogens is 368 g/mol.